The van der Waals surface area contributed by atoms with E-state index >= 15 is 0 Å². The van der Waals surface area contributed by atoms with E-state index in [0.717, 1.165) is 12.0 Å². The molecule has 1 atom stereocenters. The van der Waals surface area contributed by atoms with E-state index in [1.54, 1.807) is 6.92 Å². The third-order valence-electron chi connectivity index (χ3n) is 3.05. The lowest BCUT2D eigenvalue weighted by Gasteiger charge is -2.21. The zero-order valence-electron chi connectivity index (χ0n) is 12.9. The highest BCUT2D eigenvalue weighted by Gasteiger charge is 2.24. The molecular formula is C16H24N2O3. The molecule has 0 bridgehead atoms. The number of hydrogen-bond acceptors (Lipinski definition) is 3. The molecular weight excluding hydrogens is 268 g/mol. The zero-order valence-corrected chi connectivity index (χ0v) is 12.9. The lowest BCUT2D eigenvalue weighted by molar-refractivity contribution is -0.124. The molecule has 0 radical (unpaired) electrons. The summed E-state index contributed by atoms with van der Waals surface area (Å²) in [5.41, 5.74) is 1.16. The van der Waals surface area contributed by atoms with Crippen LogP contribution in [-0.2, 0) is 16.0 Å². The maximum atomic E-state index is 12.1. The molecule has 0 aliphatic rings. The lowest BCUT2D eigenvalue weighted by atomic mass is 10.0. The Kier molecular flexibility index (Phi) is 7.29. The highest BCUT2D eigenvalue weighted by atomic mass is 16.5. The molecule has 1 unspecified atom stereocenters. The summed E-state index contributed by atoms with van der Waals surface area (Å²) < 4.78 is 4.82. The molecule has 2 N–H and O–H groups in total. The first-order valence-corrected chi connectivity index (χ1v) is 7.29. The van der Waals surface area contributed by atoms with Crippen LogP contribution in [0.5, 0.6) is 0 Å². The Balaban J connectivity index is 2.44. The molecule has 0 saturated carbocycles. The predicted octanol–water partition coefficient (Wildman–Crippen LogP) is 2.12. The normalized spacial score (nSPS) is 11.8. The topological polar surface area (TPSA) is 67.4 Å². The van der Waals surface area contributed by atoms with Gasteiger partial charge in [0.1, 0.15) is 6.04 Å². The van der Waals surface area contributed by atoms with Gasteiger partial charge in [0.2, 0.25) is 5.91 Å². The molecule has 2 amide bonds. The number of alkyl carbamates (subject to hydrolysis) is 1. The van der Waals surface area contributed by atoms with E-state index in [2.05, 4.69) is 10.6 Å². The van der Waals surface area contributed by atoms with Crippen molar-refractivity contribution >= 4 is 12.0 Å². The van der Waals surface area contributed by atoms with Crippen LogP contribution in [0, 0.1) is 5.92 Å². The van der Waals surface area contributed by atoms with Gasteiger partial charge in [0.05, 0.1) is 6.61 Å². The smallest absolute Gasteiger partial charge is 0.407 e. The van der Waals surface area contributed by atoms with Crippen LogP contribution in [0.15, 0.2) is 30.3 Å². The quantitative estimate of drug-likeness (QED) is 0.809. The average Bonchev–Trinajstić information content (AvgIpc) is 2.45. The maximum absolute atomic E-state index is 12.1. The van der Waals surface area contributed by atoms with Gasteiger partial charge in [-0.3, -0.25) is 4.79 Å². The SMILES string of the molecule is CCOC(=O)NC(C(=O)NCCc1ccccc1)C(C)C. The van der Waals surface area contributed by atoms with E-state index in [9.17, 15) is 9.59 Å². The van der Waals surface area contributed by atoms with Crippen molar-refractivity contribution in [1.29, 1.82) is 0 Å². The highest BCUT2D eigenvalue weighted by molar-refractivity contribution is 5.85. The molecule has 0 aliphatic carbocycles. The first kappa shape index (κ1) is 17.0. The van der Waals surface area contributed by atoms with E-state index in [4.69, 9.17) is 4.74 Å². The highest BCUT2D eigenvalue weighted by Crippen LogP contribution is 2.03. The van der Waals surface area contributed by atoms with Crippen LogP contribution in [0.3, 0.4) is 0 Å². The minimum absolute atomic E-state index is 0.00821. The first-order valence-electron chi connectivity index (χ1n) is 7.29. The van der Waals surface area contributed by atoms with Crippen LogP contribution < -0.4 is 10.6 Å². The van der Waals surface area contributed by atoms with Crippen molar-refractivity contribution in [3.63, 3.8) is 0 Å². The van der Waals surface area contributed by atoms with Gasteiger partial charge in [0.15, 0.2) is 0 Å². The molecule has 1 aromatic carbocycles. The summed E-state index contributed by atoms with van der Waals surface area (Å²) in [4.78, 5) is 23.6. The van der Waals surface area contributed by atoms with Crippen LogP contribution in [0.25, 0.3) is 0 Å². The fourth-order valence-electron chi connectivity index (χ4n) is 1.92. The molecule has 116 valence electrons. The standard InChI is InChI=1S/C16H24N2O3/c1-4-21-16(20)18-14(12(2)3)15(19)17-11-10-13-8-6-5-7-9-13/h5-9,12,14H,4,10-11H2,1-3H3,(H,17,19)(H,18,20). The fraction of sp³-hybridized carbons (Fsp3) is 0.500. The lowest BCUT2D eigenvalue weighted by Crippen LogP contribution is -2.50. The Morgan fingerprint density at radius 1 is 1.19 bits per heavy atom. The van der Waals surface area contributed by atoms with Crippen LogP contribution >= 0.6 is 0 Å². The number of rotatable bonds is 7. The second-order valence-corrected chi connectivity index (χ2v) is 5.11. The number of benzene rings is 1. The van der Waals surface area contributed by atoms with Crippen molar-refractivity contribution in [3.05, 3.63) is 35.9 Å². The van der Waals surface area contributed by atoms with Crippen molar-refractivity contribution < 1.29 is 14.3 Å². The van der Waals surface area contributed by atoms with Gasteiger partial charge in [-0.15, -0.1) is 0 Å². The Hall–Kier alpha value is -2.04. The van der Waals surface area contributed by atoms with Gasteiger partial charge in [0.25, 0.3) is 0 Å². The van der Waals surface area contributed by atoms with Crippen molar-refractivity contribution in [1.82, 2.24) is 10.6 Å². The Labute approximate surface area is 126 Å². The Morgan fingerprint density at radius 2 is 1.86 bits per heavy atom. The second-order valence-electron chi connectivity index (χ2n) is 5.11. The number of carbonyl (C=O) groups excluding carboxylic acids is 2. The second kappa shape index (κ2) is 9.00. The molecule has 5 heteroatoms. The molecule has 0 spiro atoms. The molecule has 1 aromatic rings. The summed E-state index contributed by atoms with van der Waals surface area (Å²) in [7, 11) is 0. The summed E-state index contributed by atoms with van der Waals surface area (Å²) in [5, 5.41) is 5.44. The molecule has 0 aromatic heterocycles. The van der Waals surface area contributed by atoms with Crippen molar-refractivity contribution in [2.24, 2.45) is 5.92 Å². The summed E-state index contributed by atoms with van der Waals surface area (Å²) in [5.74, 6) is -0.194. The van der Waals surface area contributed by atoms with Gasteiger partial charge in [0, 0.05) is 6.54 Å². The number of nitrogens with one attached hydrogen (secondary N) is 2. The number of carbonyl (C=O) groups is 2. The minimum atomic E-state index is -0.583. The van der Waals surface area contributed by atoms with E-state index in [0.29, 0.717) is 6.54 Å². The van der Waals surface area contributed by atoms with Crippen LogP contribution in [-0.4, -0.2) is 31.2 Å². The summed E-state index contributed by atoms with van der Waals surface area (Å²) in [6, 6.07) is 9.35. The molecule has 5 nitrogen and oxygen atoms in total. The predicted molar refractivity (Wildman–Crippen MR) is 81.9 cm³/mol. The van der Waals surface area contributed by atoms with Crippen molar-refractivity contribution in [3.8, 4) is 0 Å². The van der Waals surface area contributed by atoms with Gasteiger partial charge in [-0.2, -0.15) is 0 Å². The first-order chi connectivity index (χ1) is 10.0. The van der Waals surface area contributed by atoms with Crippen LogP contribution in [0.2, 0.25) is 0 Å². The van der Waals surface area contributed by atoms with Gasteiger partial charge in [-0.25, -0.2) is 4.79 Å². The van der Waals surface area contributed by atoms with Crippen molar-refractivity contribution in [2.45, 2.75) is 33.2 Å². The van der Waals surface area contributed by atoms with Gasteiger partial charge < -0.3 is 15.4 Å². The van der Waals surface area contributed by atoms with Gasteiger partial charge in [-0.1, -0.05) is 44.2 Å². The Bertz CT molecular complexity index is 446. The van der Waals surface area contributed by atoms with Gasteiger partial charge >= 0.3 is 6.09 Å². The third-order valence-corrected chi connectivity index (χ3v) is 3.05. The third kappa shape index (κ3) is 6.29. The van der Waals surface area contributed by atoms with Crippen molar-refractivity contribution in [2.75, 3.05) is 13.2 Å². The largest absolute Gasteiger partial charge is 0.450 e. The maximum Gasteiger partial charge on any atom is 0.407 e. The summed E-state index contributed by atoms with van der Waals surface area (Å²) in [6.45, 7) is 6.31. The van der Waals surface area contributed by atoms with E-state index in [1.165, 1.54) is 0 Å². The molecule has 0 heterocycles. The number of ether oxygens (including phenoxy) is 1. The van der Waals surface area contributed by atoms with Crippen LogP contribution in [0.4, 0.5) is 4.79 Å². The van der Waals surface area contributed by atoms with Crippen LogP contribution in [0.1, 0.15) is 26.3 Å². The monoisotopic (exact) mass is 292 g/mol. The van der Waals surface area contributed by atoms with Gasteiger partial charge in [-0.05, 0) is 24.8 Å². The fourth-order valence-corrected chi connectivity index (χ4v) is 1.92. The Morgan fingerprint density at radius 3 is 2.43 bits per heavy atom. The minimum Gasteiger partial charge on any atom is -0.450 e. The molecule has 21 heavy (non-hydrogen) atoms. The molecule has 0 aliphatic heterocycles. The molecule has 0 fully saturated rings. The average molecular weight is 292 g/mol. The number of amides is 2. The summed E-state index contributed by atoms with van der Waals surface area (Å²) >= 11 is 0. The molecule has 1 rings (SSSR count). The van der Waals surface area contributed by atoms with E-state index in [1.807, 2.05) is 44.2 Å². The summed E-state index contributed by atoms with van der Waals surface area (Å²) in [6.07, 6.45) is 0.200. The number of hydrogen-bond donors (Lipinski definition) is 2. The van der Waals surface area contributed by atoms with E-state index < -0.39 is 12.1 Å². The molecule has 0 saturated heterocycles. The van der Waals surface area contributed by atoms with E-state index in [-0.39, 0.29) is 18.4 Å². The zero-order chi connectivity index (χ0) is 15.7.